The van der Waals surface area contributed by atoms with E-state index in [-0.39, 0.29) is 34.6 Å². The first-order valence-electron chi connectivity index (χ1n) is 6.78. The topological polar surface area (TPSA) is 61.8 Å². The molecule has 0 unspecified atom stereocenters. The summed E-state index contributed by atoms with van der Waals surface area (Å²) >= 11 is 8.99. The fourth-order valence-corrected chi connectivity index (χ4v) is 3.47. The molecule has 0 amide bonds. The third-order valence-electron chi connectivity index (χ3n) is 3.19. The van der Waals surface area contributed by atoms with Crippen molar-refractivity contribution in [2.45, 2.75) is 11.0 Å². The minimum absolute atomic E-state index is 0.0249. The van der Waals surface area contributed by atoms with Gasteiger partial charge in [0.2, 0.25) is 0 Å². The molecule has 24 heavy (non-hydrogen) atoms. The Kier molecular flexibility index (Phi) is 5.00. The summed E-state index contributed by atoms with van der Waals surface area (Å²) in [7, 11) is -3.93. The van der Waals surface area contributed by atoms with Gasteiger partial charge in [-0.2, -0.15) is 8.42 Å². The van der Waals surface area contributed by atoms with E-state index >= 15 is 0 Å². The highest BCUT2D eigenvalue weighted by Crippen LogP contribution is 2.37. The van der Waals surface area contributed by atoms with E-state index in [1.54, 1.807) is 12.1 Å². The van der Waals surface area contributed by atoms with Crippen LogP contribution in [0.5, 0.6) is 11.5 Å². The fourth-order valence-electron chi connectivity index (χ4n) is 2.07. The van der Waals surface area contributed by atoms with Crippen LogP contribution in [0.15, 0.2) is 45.8 Å². The molecular formula is C15H11BrClFO5S. The summed E-state index contributed by atoms with van der Waals surface area (Å²) < 4.78 is 54.4. The van der Waals surface area contributed by atoms with E-state index in [0.29, 0.717) is 0 Å². The van der Waals surface area contributed by atoms with E-state index in [4.69, 9.17) is 25.3 Å². The minimum atomic E-state index is -3.93. The Bertz CT molecular complexity index is 857. The Hall–Kier alpha value is -1.35. The van der Waals surface area contributed by atoms with Gasteiger partial charge in [0.1, 0.15) is 13.2 Å². The quantitative estimate of drug-likeness (QED) is 0.681. The smallest absolute Gasteiger partial charge is 0.297 e. The lowest BCUT2D eigenvalue weighted by atomic mass is 10.2. The van der Waals surface area contributed by atoms with Crippen molar-refractivity contribution < 1.29 is 26.5 Å². The van der Waals surface area contributed by atoms with Gasteiger partial charge < -0.3 is 9.47 Å². The van der Waals surface area contributed by atoms with Gasteiger partial charge in [-0.25, -0.2) is 4.39 Å². The van der Waals surface area contributed by atoms with Gasteiger partial charge in [0, 0.05) is 15.6 Å². The van der Waals surface area contributed by atoms with E-state index in [9.17, 15) is 12.8 Å². The SMILES string of the molecule is O=S(=O)(OC[C@H]1COc2c(F)cc(Cl)cc2O1)c1ccc(Br)cc1. The number of rotatable bonds is 4. The van der Waals surface area contributed by atoms with Gasteiger partial charge in [-0.15, -0.1) is 0 Å². The highest BCUT2D eigenvalue weighted by molar-refractivity contribution is 9.10. The van der Waals surface area contributed by atoms with Gasteiger partial charge in [0.15, 0.2) is 23.4 Å². The van der Waals surface area contributed by atoms with Crippen molar-refractivity contribution in [2.24, 2.45) is 0 Å². The molecule has 0 radical (unpaired) electrons. The lowest BCUT2D eigenvalue weighted by molar-refractivity contribution is 0.0525. The first kappa shape index (κ1) is 17.5. The van der Waals surface area contributed by atoms with Crippen LogP contribution in [0.4, 0.5) is 4.39 Å². The van der Waals surface area contributed by atoms with Gasteiger partial charge in [0.25, 0.3) is 10.1 Å². The zero-order valence-corrected chi connectivity index (χ0v) is 15.2. The summed E-state index contributed by atoms with van der Waals surface area (Å²) in [5, 5.41) is 0.152. The third-order valence-corrected chi connectivity index (χ3v) is 5.24. The van der Waals surface area contributed by atoms with Gasteiger partial charge >= 0.3 is 0 Å². The summed E-state index contributed by atoms with van der Waals surface area (Å²) in [6.07, 6.45) is -0.708. The highest BCUT2D eigenvalue weighted by atomic mass is 79.9. The number of benzene rings is 2. The predicted octanol–water partition coefficient (Wildman–Crippen LogP) is 3.79. The first-order valence-corrected chi connectivity index (χ1v) is 9.36. The molecule has 0 aromatic heterocycles. The van der Waals surface area contributed by atoms with Crippen LogP contribution >= 0.6 is 27.5 Å². The van der Waals surface area contributed by atoms with Gasteiger partial charge in [-0.1, -0.05) is 27.5 Å². The Morgan fingerprint density at radius 2 is 2.00 bits per heavy atom. The molecule has 128 valence electrons. The van der Waals surface area contributed by atoms with Gasteiger partial charge in [0.05, 0.1) is 4.90 Å². The molecule has 2 aromatic carbocycles. The largest absolute Gasteiger partial charge is 0.483 e. The summed E-state index contributed by atoms with van der Waals surface area (Å²) in [6.45, 7) is -0.312. The normalized spacial score (nSPS) is 16.9. The van der Waals surface area contributed by atoms with Crippen molar-refractivity contribution in [1.82, 2.24) is 0 Å². The maximum atomic E-state index is 13.7. The van der Waals surface area contributed by atoms with Crippen LogP contribution in [0, 0.1) is 5.82 Å². The van der Waals surface area contributed by atoms with Crippen molar-refractivity contribution in [3.05, 3.63) is 51.7 Å². The van der Waals surface area contributed by atoms with E-state index in [0.717, 1.165) is 10.5 Å². The van der Waals surface area contributed by atoms with Gasteiger partial charge in [-0.3, -0.25) is 4.18 Å². The van der Waals surface area contributed by atoms with Crippen molar-refractivity contribution in [1.29, 1.82) is 0 Å². The molecule has 0 saturated carbocycles. The van der Waals surface area contributed by atoms with Crippen molar-refractivity contribution >= 4 is 37.6 Å². The van der Waals surface area contributed by atoms with E-state index in [1.165, 1.54) is 18.2 Å². The number of ether oxygens (including phenoxy) is 2. The van der Waals surface area contributed by atoms with Crippen LogP contribution in [0.3, 0.4) is 0 Å². The molecule has 1 aliphatic heterocycles. The number of fused-ring (bicyclic) bond motifs is 1. The summed E-state index contributed by atoms with van der Waals surface area (Å²) in [5.74, 6) is -0.577. The summed E-state index contributed by atoms with van der Waals surface area (Å²) in [6, 6.07) is 8.53. The van der Waals surface area contributed by atoms with Crippen molar-refractivity contribution in [2.75, 3.05) is 13.2 Å². The van der Waals surface area contributed by atoms with Crippen molar-refractivity contribution in [3.8, 4) is 11.5 Å². The molecule has 0 fully saturated rings. The van der Waals surface area contributed by atoms with Crippen LogP contribution in [0.25, 0.3) is 0 Å². The van der Waals surface area contributed by atoms with Crippen LogP contribution in [-0.2, 0) is 14.3 Å². The second-order valence-corrected chi connectivity index (χ2v) is 7.93. The predicted molar refractivity (Wildman–Crippen MR) is 88.6 cm³/mol. The number of hydrogen-bond donors (Lipinski definition) is 0. The van der Waals surface area contributed by atoms with Crippen LogP contribution in [0.2, 0.25) is 5.02 Å². The Morgan fingerprint density at radius 3 is 2.71 bits per heavy atom. The molecule has 0 bridgehead atoms. The van der Waals surface area contributed by atoms with Gasteiger partial charge in [-0.05, 0) is 30.3 Å². The molecule has 5 nitrogen and oxygen atoms in total. The molecular weight excluding hydrogens is 427 g/mol. The minimum Gasteiger partial charge on any atom is -0.483 e. The Balaban J connectivity index is 1.68. The van der Waals surface area contributed by atoms with Crippen LogP contribution < -0.4 is 9.47 Å². The lowest BCUT2D eigenvalue weighted by Crippen LogP contribution is -2.34. The number of hydrogen-bond acceptors (Lipinski definition) is 5. The molecule has 1 heterocycles. The monoisotopic (exact) mass is 436 g/mol. The molecule has 0 saturated heterocycles. The maximum absolute atomic E-state index is 13.7. The molecule has 0 spiro atoms. The maximum Gasteiger partial charge on any atom is 0.297 e. The van der Waals surface area contributed by atoms with Crippen LogP contribution in [-0.4, -0.2) is 27.7 Å². The zero-order chi connectivity index (χ0) is 17.3. The number of halogens is 3. The lowest BCUT2D eigenvalue weighted by Gasteiger charge is -2.26. The zero-order valence-electron chi connectivity index (χ0n) is 12.0. The molecule has 0 N–H and O–H groups in total. The summed E-state index contributed by atoms with van der Waals surface area (Å²) in [5.41, 5.74) is 0. The second-order valence-electron chi connectivity index (χ2n) is 4.96. The third kappa shape index (κ3) is 3.83. The Labute approximate surface area is 151 Å². The standard InChI is InChI=1S/C15H11BrClFO5S/c16-9-1-3-12(4-2-9)24(19,20)22-8-11-7-21-15-13(18)5-10(17)6-14(15)23-11/h1-6,11H,7-8H2/t11-/m1/s1. The molecule has 2 aromatic rings. The van der Waals surface area contributed by atoms with E-state index < -0.39 is 22.0 Å². The average molecular weight is 438 g/mol. The molecule has 3 rings (SSSR count). The van der Waals surface area contributed by atoms with E-state index in [2.05, 4.69) is 15.9 Å². The molecule has 1 aliphatic rings. The first-order chi connectivity index (χ1) is 11.3. The van der Waals surface area contributed by atoms with E-state index in [1.807, 2.05) is 0 Å². The molecule has 0 aliphatic carbocycles. The Morgan fingerprint density at radius 1 is 1.29 bits per heavy atom. The average Bonchev–Trinajstić information content (AvgIpc) is 2.53. The highest BCUT2D eigenvalue weighted by Gasteiger charge is 2.27. The summed E-state index contributed by atoms with van der Waals surface area (Å²) in [4.78, 5) is 0.0249. The molecule has 1 atom stereocenters. The van der Waals surface area contributed by atoms with Crippen LogP contribution in [0.1, 0.15) is 0 Å². The van der Waals surface area contributed by atoms with Crippen molar-refractivity contribution in [3.63, 3.8) is 0 Å². The second kappa shape index (κ2) is 6.87. The molecule has 9 heteroatoms. The fraction of sp³-hybridized carbons (Fsp3) is 0.200.